The molecule has 0 saturated heterocycles. The van der Waals surface area contributed by atoms with Gasteiger partial charge in [-0.2, -0.15) is 4.31 Å². The molecule has 0 atom stereocenters. The predicted molar refractivity (Wildman–Crippen MR) is 118 cm³/mol. The Kier molecular flexibility index (Phi) is 5.46. The fourth-order valence-electron chi connectivity index (χ4n) is 3.08. The van der Waals surface area contributed by atoms with Crippen LogP contribution in [0.2, 0.25) is 4.34 Å². The average Bonchev–Trinajstić information content (AvgIpc) is 3.30. The smallest absolute Gasteiger partial charge is 0.252 e. The van der Waals surface area contributed by atoms with Crippen molar-refractivity contribution >= 4 is 66.5 Å². The number of para-hydroxylation sites is 1. The van der Waals surface area contributed by atoms with Crippen LogP contribution in [0.4, 0.5) is 5.69 Å². The molecule has 0 radical (unpaired) electrons. The second-order valence-corrected chi connectivity index (χ2v) is 10.5. The van der Waals surface area contributed by atoms with E-state index in [0.29, 0.717) is 21.4 Å². The van der Waals surface area contributed by atoms with Gasteiger partial charge in [0, 0.05) is 23.9 Å². The Hall–Kier alpha value is -2.59. The monoisotopic (exact) mass is 464 g/mol. The normalized spacial score (nSPS) is 12.0. The number of fused-ring (bicyclic) bond motifs is 3. The van der Waals surface area contributed by atoms with Gasteiger partial charge >= 0.3 is 0 Å². The maximum Gasteiger partial charge on any atom is 0.252 e. The number of methoxy groups -OCH3 is 1. The lowest BCUT2D eigenvalue weighted by atomic mass is 10.1. The number of halogens is 1. The molecule has 1 amide bonds. The van der Waals surface area contributed by atoms with Crippen molar-refractivity contribution in [2.24, 2.45) is 0 Å². The number of amides is 1. The summed E-state index contributed by atoms with van der Waals surface area (Å²) >= 11 is 6.76. The van der Waals surface area contributed by atoms with E-state index in [9.17, 15) is 13.2 Å². The van der Waals surface area contributed by atoms with E-state index in [0.717, 1.165) is 32.0 Å². The van der Waals surface area contributed by atoms with Gasteiger partial charge in [-0.05, 0) is 24.3 Å². The SMILES string of the molecule is COc1cc2c(cc1NC(=O)CN(C)S(=O)(=O)c1ccc(Cl)s1)oc1ccccc12. The van der Waals surface area contributed by atoms with Crippen LogP contribution in [0.15, 0.2) is 57.2 Å². The quantitative estimate of drug-likeness (QED) is 0.451. The van der Waals surface area contributed by atoms with E-state index in [-0.39, 0.29) is 10.8 Å². The minimum Gasteiger partial charge on any atom is -0.495 e. The van der Waals surface area contributed by atoms with Crippen LogP contribution < -0.4 is 10.1 Å². The first-order chi connectivity index (χ1) is 14.3. The summed E-state index contributed by atoms with van der Waals surface area (Å²) in [5, 5.41) is 4.50. The molecule has 0 spiro atoms. The van der Waals surface area contributed by atoms with Gasteiger partial charge in [0.2, 0.25) is 5.91 Å². The third kappa shape index (κ3) is 3.77. The molecule has 0 fully saturated rings. The van der Waals surface area contributed by atoms with E-state index in [1.54, 1.807) is 12.1 Å². The molecular formula is C20H17ClN2O5S2. The van der Waals surface area contributed by atoms with Crippen LogP contribution in [-0.2, 0) is 14.8 Å². The number of thiophene rings is 1. The average molecular weight is 465 g/mol. The van der Waals surface area contributed by atoms with Crippen LogP contribution in [-0.4, -0.2) is 39.3 Å². The number of anilines is 1. The number of furan rings is 1. The zero-order valence-electron chi connectivity index (χ0n) is 16.0. The maximum absolute atomic E-state index is 12.6. The summed E-state index contributed by atoms with van der Waals surface area (Å²) < 4.78 is 37.8. The van der Waals surface area contributed by atoms with Crippen LogP contribution in [0.3, 0.4) is 0 Å². The van der Waals surface area contributed by atoms with Crippen LogP contribution in [0.25, 0.3) is 21.9 Å². The molecule has 0 saturated carbocycles. The van der Waals surface area contributed by atoms with Gasteiger partial charge in [0.1, 0.15) is 21.1 Å². The second-order valence-electron chi connectivity index (χ2n) is 6.51. The molecule has 4 rings (SSSR count). The van der Waals surface area contributed by atoms with Gasteiger partial charge in [-0.25, -0.2) is 8.42 Å². The fraction of sp³-hybridized carbons (Fsp3) is 0.150. The van der Waals surface area contributed by atoms with Gasteiger partial charge in [-0.1, -0.05) is 29.8 Å². The summed E-state index contributed by atoms with van der Waals surface area (Å²) in [7, 11) is -0.985. The summed E-state index contributed by atoms with van der Waals surface area (Å²) in [5.74, 6) is -0.0737. The minimum absolute atomic E-state index is 0.0732. The van der Waals surface area contributed by atoms with Crippen LogP contribution in [0.1, 0.15) is 0 Å². The number of benzene rings is 2. The van der Waals surface area contributed by atoms with Crippen molar-refractivity contribution in [3.8, 4) is 5.75 Å². The highest BCUT2D eigenvalue weighted by Crippen LogP contribution is 2.36. The lowest BCUT2D eigenvalue weighted by Crippen LogP contribution is -2.34. The summed E-state index contributed by atoms with van der Waals surface area (Å²) in [5.41, 5.74) is 1.69. The van der Waals surface area contributed by atoms with Crippen molar-refractivity contribution in [3.05, 3.63) is 52.9 Å². The van der Waals surface area contributed by atoms with E-state index in [1.165, 1.54) is 26.3 Å². The molecule has 2 aromatic carbocycles. The number of carbonyl (C=O) groups excluding carboxylic acids is 1. The Labute approximate surface area is 181 Å². The Bertz CT molecular complexity index is 1360. The van der Waals surface area contributed by atoms with Crippen LogP contribution in [0, 0.1) is 0 Å². The fourth-order valence-corrected chi connectivity index (χ4v) is 5.91. The van der Waals surface area contributed by atoms with E-state index < -0.39 is 15.9 Å². The Morgan fingerprint density at radius 3 is 2.63 bits per heavy atom. The van der Waals surface area contributed by atoms with Gasteiger partial charge in [-0.15, -0.1) is 11.3 Å². The van der Waals surface area contributed by atoms with E-state index in [2.05, 4.69) is 5.32 Å². The highest BCUT2D eigenvalue weighted by molar-refractivity contribution is 7.91. The van der Waals surface area contributed by atoms with Crippen molar-refractivity contribution in [2.45, 2.75) is 4.21 Å². The Morgan fingerprint density at radius 2 is 1.93 bits per heavy atom. The number of ether oxygens (including phenoxy) is 1. The predicted octanol–water partition coefficient (Wildman–Crippen LogP) is 4.57. The first-order valence-corrected chi connectivity index (χ1v) is 11.4. The largest absolute Gasteiger partial charge is 0.495 e. The first-order valence-electron chi connectivity index (χ1n) is 8.80. The third-order valence-electron chi connectivity index (χ3n) is 4.55. The minimum atomic E-state index is -3.82. The molecule has 0 aliphatic rings. The lowest BCUT2D eigenvalue weighted by Gasteiger charge is -2.16. The molecule has 10 heteroatoms. The summed E-state index contributed by atoms with van der Waals surface area (Å²) in [6.07, 6.45) is 0. The van der Waals surface area contributed by atoms with Crippen molar-refractivity contribution in [2.75, 3.05) is 26.0 Å². The van der Waals surface area contributed by atoms with Crippen LogP contribution >= 0.6 is 22.9 Å². The lowest BCUT2D eigenvalue weighted by molar-refractivity contribution is -0.116. The number of nitrogens with zero attached hydrogens (tertiary/aromatic N) is 1. The van der Waals surface area contributed by atoms with Gasteiger partial charge in [0.25, 0.3) is 10.0 Å². The van der Waals surface area contributed by atoms with Crippen molar-refractivity contribution in [1.82, 2.24) is 4.31 Å². The standard InChI is InChI=1S/C20H17ClN2O5S2/c1-23(30(25,26)20-8-7-18(21)29-20)11-19(24)22-14-10-16-13(9-17(14)27-2)12-5-3-4-6-15(12)28-16/h3-10H,11H2,1-2H3,(H,22,24). The Balaban J connectivity index is 1.58. The molecule has 156 valence electrons. The summed E-state index contributed by atoms with van der Waals surface area (Å²) in [6, 6.07) is 13.9. The van der Waals surface area contributed by atoms with Crippen molar-refractivity contribution in [3.63, 3.8) is 0 Å². The van der Waals surface area contributed by atoms with Gasteiger partial charge < -0.3 is 14.5 Å². The number of carbonyl (C=O) groups is 1. The number of sulfonamides is 1. The molecular weight excluding hydrogens is 448 g/mol. The van der Waals surface area contributed by atoms with Crippen LogP contribution in [0.5, 0.6) is 5.75 Å². The van der Waals surface area contributed by atoms with Crippen molar-refractivity contribution in [1.29, 1.82) is 0 Å². The molecule has 4 aromatic rings. The van der Waals surface area contributed by atoms with E-state index in [1.807, 2.05) is 24.3 Å². The highest BCUT2D eigenvalue weighted by Gasteiger charge is 2.25. The molecule has 7 nitrogen and oxygen atoms in total. The summed E-state index contributed by atoms with van der Waals surface area (Å²) in [6.45, 7) is -0.376. The molecule has 2 heterocycles. The van der Waals surface area contributed by atoms with Gasteiger partial charge in [0.15, 0.2) is 0 Å². The second kappa shape index (κ2) is 7.92. The van der Waals surface area contributed by atoms with Gasteiger partial charge in [0.05, 0.1) is 23.7 Å². The molecule has 0 aliphatic carbocycles. The molecule has 1 N–H and O–H groups in total. The molecule has 0 unspecified atom stereocenters. The molecule has 30 heavy (non-hydrogen) atoms. The number of hydrogen-bond donors (Lipinski definition) is 1. The number of likely N-dealkylation sites (N-methyl/N-ethyl adjacent to an activating group) is 1. The molecule has 2 aromatic heterocycles. The third-order valence-corrected chi connectivity index (χ3v) is 8.05. The highest BCUT2D eigenvalue weighted by atomic mass is 35.5. The zero-order chi connectivity index (χ0) is 21.5. The first kappa shape index (κ1) is 20.7. The maximum atomic E-state index is 12.6. The number of rotatable bonds is 6. The molecule has 0 bridgehead atoms. The van der Waals surface area contributed by atoms with E-state index in [4.69, 9.17) is 20.8 Å². The number of nitrogens with one attached hydrogen (secondary N) is 1. The molecule has 0 aliphatic heterocycles. The topological polar surface area (TPSA) is 88.9 Å². The van der Waals surface area contributed by atoms with Gasteiger partial charge in [-0.3, -0.25) is 4.79 Å². The van der Waals surface area contributed by atoms with Crippen molar-refractivity contribution < 1.29 is 22.4 Å². The van der Waals surface area contributed by atoms with E-state index >= 15 is 0 Å². The summed E-state index contributed by atoms with van der Waals surface area (Å²) in [4.78, 5) is 12.6. The zero-order valence-corrected chi connectivity index (χ0v) is 18.4. The Morgan fingerprint density at radius 1 is 1.17 bits per heavy atom. The number of hydrogen-bond acceptors (Lipinski definition) is 6.